The molecule has 1 aliphatic rings. The van der Waals surface area contributed by atoms with Gasteiger partial charge in [0.05, 0.1) is 0 Å². The molecule has 3 atom stereocenters. The van der Waals surface area contributed by atoms with Crippen LogP contribution < -0.4 is 5.73 Å². The third-order valence-electron chi connectivity index (χ3n) is 3.98. The van der Waals surface area contributed by atoms with Crippen molar-refractivity contribution < 1.29 is 0 Å². The fourth-order valence-electron chi connectivity index (χ4n) is 2.66. The summed E-state index contributed by atoms with van der Waals surface area (Å²) in [6.07, 6.45) is 4.01. The summed E-state index contributed by atoms with van der Waals surface area (Å²) in [6, 6.07) is 8.42. The maximum atomic E-state index is 5.83. The molecule has 15 heavy (non-hydrogen) atoms. The molecule has 0 aromatic heterocycles. The van der Waals surface area contributed by atoms with Gasteiger partial charge < -0.3 is 5.73 Å². The van der Waals surface area contributed by atoms with Crippen LogP contribution in [0.5, 0.6) is 0 Å². The first-order chi connectivity index (χ1) is 7.16. The molecule has 2 N–H and O–H groups in total. The lowest BCUT2D eigenvalue weighted by Crippen LogP contribution is -2.19. The summed E-state index contributed by atoms with van der Waals surface area (Å²) in [5.74, 6) is 2.48. The Morgan fingerprint density at radius 1 is 1.13 bits per heavy atom. The molecule has 0 unspecified atom stereocenters. The van der Waals surface area contributed by atoms with E-state index >= 15 is 0 Å². The lowest BCUT2D eigenvalue weighted by molar-refractivity contribution is 0.250. The van der Waals surface area contributed by atoms with E-state index in [1.807, 2.05) is 6.07 Å². The zero-order chi connectivity index (χ0) is 10.8. The van der Waals surface area contributed by atoms with Crippen molar-refractivity contribution in [1.29, 1.82) is 0 Å². The molecule has 1 fully saturated rings. The number of rotatable bonds is 1. The third kappa shape index (κ3) is 2.34. The largest absolute Gasteiger partial charge is 0.399 e. The van der Waals surface area contributed by atoms with Crippen molar-refractivity contribution in [2.24, 2.45) is 11.8 Å². The highest BCUT2D eigenvalue weighted by Gasteiger charge is 2.25. The van der Waals surface area contributed by atoms with E-state index in [-0.39, 0.29) is 0 Å². The van der Waals surface area contributed by atoms with Crippen molar-refractivity contribution in [3.8, 4) is 0 Å². The Kier molecular flexibility index (Phi) is 2.99. The van der Waals surface area contributed by atoms with Crippen LogP contribution >= 0.6 is 0 Å². The van der Waals surface area contributed by atoms with Gasteiger partial charge >= 0.3 is 0 Å². The maximum absolute atomic E-state index is 5.83. The standard InChI is InChI=1S/C14H21N/c1-10-6-7-13(8-11(10)2)12-4-3-5-14(15)9-12/h3-5,9-11,13H,6-8,15H2,1-2H3/t10-,11+,13-/m1/s1. The first-order valence-corrected chi connectivity index (χ1v) is 6.02. The minimum Gasteiger partial charge on any atom is -0.399 e. The van der Waals surface area contributed by atoms with E-state index in [9.17, 15) is 0 Å². The van der Waals surface area contributed by atoms with Gasteiger partial charge in [-0.2, -0.15) is 0 Å². The highest BCUT2D eigenvalue weighted by Crippen LogP contribution is 2.39. The van der Waals surface area contributed by atoms with Crippen molar-refractivity contribution in [2.45, 2.75) is 39.0 Å². The first kappa shape index (κ1) is 10.5. The zero-order valence-corrected chi connectivity index (χ0v) is 9.74. The van der Waals surface area contributed by atoms with Gasteiger partial charge in [-0.1, -0.05) is 26.0 Å². The van der Waals surface area contributed by atoms with Gasteiger partial charge in [-0.25, -0.2) is 0 Å². The third-order valence-corrected chi connectivity index (χ3v) is 3.98. The summed E-state index contributed by atoms with van der Waals surface area (Å²) in [5, 5.41) is 0. The van der Waals surface area contributed by atoms with Gasteiger partial charge in [0.15, 0.2) is 0 Å². The number of hydrogen-bond acceptors (Lipinski definition) is 1. The van der Waals surface area contributed by atoms with Crippen molar-refractivity contribution in [3.05, 3.63) is 29.8 Å². The highest BCUT2D eigenvalue weighted by atomic mass is 14.5. The van der Waals surface area contributed by atoms with Crippen LogP contribution in [0.15, 0.2) is 24.3 Å². The normalized spacial score (nSPS) is 31.5. The summed E-state index contributed by atoms with van der Waals surface area (Å²) in [6.45, 7) is 4.75. The number of benzene rings is 1. The molecule has 1 nitrogen and oxygen atoms in total. The molecule has 82 valence electrons. The van der Waals surface area contributed by atoms with Crippen LogP contribution in [0.2, 0.25) is 0 Å². The Morgan fingerprint density at radius 3 is 2.60 bits per heavy atom. The second-order valence-corrected chi connectivity index (χ2v) is 5.13. The first-order valence-electron chi connectivity index (χ1n) is 6.02. The van der Waals surface area contributed by atoms with E-state index in [1.165, 1.54) is 24.8 Å². The quantitative estimate of drug-likeness (QED) is 0.690. The maximum Gasteiger partial charge on any atom is 0.0316 e. The number of anilines is 1. The molecule has 0 bridgehead atoms. The highest BCUT2D eigenvalue weighted by molar-refractivity contribution is 5.41. The minimum atomic E-state index is 0.736. The van der Waals surface area contributed by atoms with Crippen LogP contribution in [-0.2, 0) is 0 Å². The Hall–Kier alpha value is -0.980. The Bertz CT molecular complexity index is 332. The molecule has 1 aliphatic carbocycles. The Labute approximate surface area is 92.7 Å². The van der Waals surface area contributed by atoms with Crippen molar-refractivity contribution in [1.82, 2.24) is 0 Å². The van der Waals surface area contributed by atoms with Gasteiger partial charge in [0.2, 0.25) is 0 Å². The molecule has 1 aromatic rings. The number of nitrogens with two attached hydrogens (primary N) is 1. The number of hydrogen-bond donors (Lipinski definition) is 1. The minimum absolute atomic E-state index is 0.736. The van der Waals surface area contributed by atoms with E-state index in [4.69, 9.17) is 5.73 Å². The Morgan fingerprint density at radius 2 is 1.93 bits per heavy atom. The van der Waals surface area contributed by atoms with Gasteiger partial charge in [-0.15, -0.1) is 0 Å². The molecule has 0 heterocycles. The van der Waals surface area contributed by atoms with E-state index in [0.29, 0.717) is 0 Å². The molecule has 1 saturated carbocycles. The van der Waals surface area contributed by atoms with Crippen molar-refractivity contribution in [2.75, 3.05) is 5.73 Å². The molecular formula is C14H21N. The van der Waals surface area contributed by atoms with Crippen molar-refractivity contribution in [3.63, 3.8) is 0 Å². The van der Waals surface area contributed by atoms with Gasteiger partial charge in [0.25, 0.3) is 0 Å². The lowest BCUT2D eigenvalue weighted by Gasteiger charge is -2.32. The topological polar surface area (TPSA) is 26.0 Å². The molecule has 2 rings (SSSR count). The molecule has 0 aliphatic heterocycles. The number of nitrogen functional groups attached to an aromatic ring is 1. The molecule has 0 spiro atoms. The monoisotopic (exact) mass is 203 g/mol. The summed E-state index contributed by atoms with van der Waals surface area (Å²) >= 11 is 0. The summed E-state index contributed by atoms with van der Waals surface area (Å²) in [7, 11) is 0. The van der Waals surface area contributed by atoms with Crippen LogP contribution in [0.1, 0.15) is 44.6 Å². The molecule has 0 saturated heterocycles. The zero-order valence-electron chi connectivity index (χ0n) is 9.74. The molecule has 1 heteroatoms. The van der Waals surface area contributed by atoms with Crippen LogP contribution in [-0.4, -0.2) is 0 Å². The van der Waals surface area contributed by atoms with Crippen LogP contribution in [0.4, 0.5) is 5.69 Å². The average Bonchev–Trinajstić information content (AvgIpc) is 2.22. The molecule has 1 aromatic carbocycles. The van der Waals surface area contributed by atoms with Gasteiger partial charge in [0, 0.05) is 5.69 Å². The summed E-state index contributed by atoms with van der Waals surface area (Å²) in [5.41, 5.74) is 8.17. The predicted octanol–water partition coefficient (Wildman–Crippen LogP) is 3.81. The van der Waals surface area contributed by atoms with E-state index in [1.54, 1.807) is 0 Å². The Balaban J connectivity index is 2.12. The van der Waals surface area contributed by atoms with Crippen LogP contribution in [0.25, 0.3) is 0 Å². The van der Waals surface area contributed by atoms with Gasteiger partial charge in [-0.05, 0) is 54.7 Å². The van der Waals surface area contributed by atoms with Gasteiger partial charge in [-0.3, -0.25) is 0 Å². The molecule has 0 amide bonds. The smallest absolute Gasteiger partial charge is 0.0316 e. The molecule has 0 radical (unpaired) electrons. The second kappa shape index (κ2) is 4.26. The van der Waals surface area contributed by atoms with Gasteiger partial charge in [0.1, 0.15) is 0 Å². The molecular weight excluding hydrogens is 182 g/mol. The summed E-state index contributed by atoms with van der Waals surface area (Å²) < 4.78 is 0. The SMILES string of the molecule is C[C@@H]1CC[C@@H](c2cccc(N)c2)C[C@@H]1C. The average molecular weight is 203 g/mol. The second-order valence-electron chi connectivity index (χ2n) is 5.13. The van der Waals surface area contributed by atoms with E-state index in [0.717, 1.165) is 23.4 Å². The van der Waals surface area contributed by atoms with Crippen molar-refractivity contribution >= 4 is 5.69 Å². The fraction of sp³-hybridized carbons (Fsp3) is 0.571. The van der Waals surface area contributed by atoms with Crippen LogP contribution in [0, 0.1) is 11.8 Å². The van der Waals surface area contributed by atoms with Crippen LogP contribution in [0.3, 0.4) is 0 Å². The van der Waals surface area contributed by atoms with E-state index in [2.05, 4.69) is 32.0 Å². The predicted molar refractivity (Wildman–Crippen MR) is 65.8 cm³/mol. The summed E-state index contributed by atoms with van der Waals surface area (Å²) in [4.78, 5) is 0. The lowest BCUT2D eigenvalue weighted by atomic mass is 9.73. The van der Waals surface area contributed by atoms with E-state index < -0.39 is 0 Å². The fourth-order valence-corrected chi connectivity index (χ4v) is 2.66.